The Bertz CT molecular complexity index is 2390. The molecule has 0 saturated heterocycles. The van der Waals surface area contributed by atoms with Crippen molar-refractivity contribution in [3.8, 4) is 11.3 Å². The van der Waals surface area contributed by atoms with Gasteiger partial charge in [-0.25, -0.2) is 4.98 Å². The lowest BCUT2D eigenvalue weighted by Gasteiger charge is -2.09. The highest BCUT2D eigenvalue weighted by molar-refractivity contribution is 7.26. The Morgan fingerprint density at radius 1 is 0.553 bits per heavy atom. The lowest BCUT2D eigenvalue weighted by molar-refractivity contribution is 1.25. The molecule has 0 amide bonds. The van der Waals surface area contributed by atoms with Gasteiger partial charge in [-0.1, -0.05) is 91.0 Å². The van der Waals surface area contributed by atoms with Crippen LogP contribution >= 0.6 is 11.3 Å². The standard InChI is InChI=1S/C35H20N2S/c1-2-9-22(10-3-1)30-20-28-32-26-13-7-6-8-21(26)15-17-31(32)38-34(28)35-36-33-27-19-24-12-5-4-11-23(24)18-25(27)14-16-29(33)37(30)35/h1-20H. The number of benzene rings is 6. The van der Waals surface area contributed by atoms with Crippen LogP contribution in [0.4, 0.5) is 0 Å². The Balaban J connectivity index is 1.52. The van der Waals surface area contributed by atoms with E-state index in [1.807, 2.05) is 11.3 Å². The van der Waals surface area contributed by atoms with Crippen LogP contribution in [0, 0.1) is 0 Å². The van der Waals surface area contributed by atoms with Crippen LogP contribution < -0.4 is 0 Å². The second-order valence-corrected chi connectivity index (χ2v) is 11.1. The first-order chi connectivity index (χ1) is 18.8. The number of pyridine rings is 1. The predicted molar refractivity (Wildman–Crippen MR) is 164 cm³/mol. The third-order valence-corrected chi connectivity index (χ3v) is 9.08. The predicted octanol–water partition coefficient (Wildman–Crippen LogP) is 9.98. The summed E-state index contributed by atoms with van der Waals surface area (Å²) in [4.78, 5) is 5.41. The Morgan fingerprint density at radius 3 is 2.16 bits per heavy atom. The fourth-order valence-electron chi connectivity index (χ4n) is 6.17. The minimum Gasteiger partial charge on any atom is -0.291 e. The van der Waals surface area contributed by atoms with E-state index >= 15 is 0 Å². The molecule has 176 valence electrons. The van der Waals surface area contributed by atoms with Gasteiger partial charge in [-0.3, -0.25) is 4.40 Å². The lowest BCUT2D eigenvalue weighted by atomic mass is 10.0. The first kappa shape index (κ1) is 20.3. The number of fused-ring (bicyclic) bond motifs is 12. The molecule has 3 heteroatoms. The van der Waals surface area contributed by atoms with E-state index in [2.05, 4.69) is 126 Å². The Morgan fingerprint density at radius 2 is 1.29 bits per heavy atom. The van der Waals surface area contributed by atoms with Crippen LogP contribution in [0.15, 0.2) is 121 Å². The Labute approximate surface area is 222 Å². The van der Waals surface area contributed by atoms with Gasteiger partial charge in [-0.05, 0) is 62.8 Å². The fourth-order valence-corrected chi connectivity index (χ4v) is 7.35. The van der Waals surface area contributed by atoms with Crippen molar-refractivity contribution in [1.82, 2.24) is 9.38 Å². The molecule has 3 aromatic heterocycles. The van der Waals surface area contributed by atoms with Crippen molar-refractivity contribution < 1.29 is 0 Å². The molecule has 9 aromatic rings. The fraction of sp³-hybridized carbons (Fsp3) is 0. The quantitative estimate of drug-likeness (QED) is 0.205. The number of imidazole rings is 1. The number of aromatic nitrogens is 2. The number of rotatable bonds is 1. The van der Waals surface area contributed by atoms with Crippen LogP contribution in [0.3, 0.4) is 0 Å². The van der Waals surface area contributed by atoms with Gasteiger partial charge in [-0.15, -0.1) is 11.3 Å². The van der Waals surface area contributed by atoms with Gasteiger partial charge in [0.1, 0.15) is 0 Å². The van der Waals surface area contributed by atoms with Crippen LogP contribution in [0.5, 0.6) is 0 Å². The summed E-state index contributed by atoms with van der Waals surface area (Å²) in [6, 6.07) is 44.0. The second kappa shape index (κ2) is 7.41. The molecule has 0 radical (unpaired) electrons. The molecule has 0 N–H and O–H groups in total. The summed E-state index contributed by atoms with van der Waals surface area (Å²) >= 11 is 1.85. The van der Waals surface area contributed by atoms with Crippen molar-refractivity contribution in [2.24, 2.45) is 0 Å². The molecule has 0 aliphatic heterocycles. The zero-order chi connectivity index (χ0) is 24.8. The maximum absolute atomic E-state index is 5.41. The van der Waals surface area contributed by atoms with E-state index in [1.54, 1.807) is 0 Å². The van der Waals surface area contributed by atoms with E-state index in [-0.39, 0.29) is 0 Å². The third kappa shape index (κ3) is 2.69. The summed E-state index contributed by atoms with van der Waals surface area (Å²) in [6.45, 7) is 0. The zero-order valence-electron chi connectivity index (χ0n) is 20.3. The summed E-state index contributed by atoms with van der Waals surface area (Å²) in [5.74, 6) is 0. The summed E-state index contributed by atoms with van der Waals surface area (Å²) in [6.07, 6.45) is 0. The molecule has 0 fully saturated rings. The lowest BCUT2D eigenvalue weighted by Crippen LogP contribution is -1.92. The summed E-state index contributed by atoms with van der Waals surface area (Å²) in [7, 11) is 0. The molecule has 0 spiro atoms. The van der Waals surface area contributed by atoms with Crippen molar-refractivity contribution in [2.45, 2.75) is 0 Å². The van der Waals surface area contributed by atoms with Crippen molar-refractivity contribution in [2.75, 3.05) is 0 Å². The summed E-state index contributed by atoms with van der Waals surface area (Å²) in [5, 5.41) is 10.1. The Hall–Kier alpha value is -4.73. The molecule has 9 rings (SSSR count). The molecule has 0 unspecified atom stereocenters. The molecule has 3 heterocycles. The molecule has 38 heavy (non-hydrogen) atoms. The van der Waals surface area contributed by atoms with Crippen LogP contribution in [0.2, 0.25) is 0 Å². The van der Waals surface area contributed by atoms with Gasteiger partial charge in [0.25, 0.3) is 0 Å². The van der Waals surface area contributed by atoms with Crippen molar-refractivity contribution in [3.05, 3.63) is 121 Å². The van der Waals surface area contributed by atoms with E-state index in [4.69, 9.17) is 4.98 Å². The molecule has 0 aliphatic carbocycles. The van der Waals surface area contributed by atoms with E-state index in [0.717, 1.165) is 16.7 Å². The number of hydrogen-bond acceptors (Lipinski definition) is 2. The van der Waals surface area contributed by atoms with Crippen LogP contribution in [-0.2, 0) is 0 Å². The highest BCUT2D eigenvalue weighted by Crippen LogP contribution is 2.43. The molecule has 0 aliphatic rings. The van der Waals surface area contributed by atoms with E-state index in [9.17, 15) is 0 Å². The van der Waals surface area contributed by atoms with Crippen molar-refractivity contribution in [1.29, 1.82) is 0 Å². The average molecular weight is 501 g/mol. The second-order valence-electron chi connectivity index (χ2n) is 10.0. The van der Waals surface area contributed by atoms with Gasteiger partial charge in [0.05, 0.1) is 21.4 Å². The summed E-state index contributed by atoms with van der Waals surface area (Å²) < 4.78 is 4.91. The minimum atomic E-state index is 1.03. The molecule has 6 aromatic carbocycles. The molecule has 2 nitrogen and oxygen atoms in total. The molecular formula is C35H20N2S. The van der Waals surface area contributed by atoms with Gasteiger partial charge < -0.3 is 0 Å². The highest BCUT2D eigenvalue weighted by atomic mass is 32.1. The van der Waals surface area contributed by atoms with Crippen LogP contribution in [0.25, 0.3) is 80.4 Å². The topological polar surface area (TPSA) is 17.3 Å². The van der Waals surface area contributed by atoms with Gasteiger partial charge in [0, 0.05) is 20.9 Å². The first-order valence-electron chi connectivity index (χ1n) is 12.9. The normalized spacial score (nSPS) is 12.2. The highest BCUT2D eigenvalue weighted by Gasteiger charge is 2.19. The van der Waals surface area contributed by atoms with E-state index < -0.39 is 0 Å². The maximum Gasteiger partial charge on any atom is 0.156 e. The number of thiophene rings is 1. The maximum atomic E-state index is 5.41. The minimum absolute atomic E-state index is 1.03. The molecule has 0 bridgehead atoms. The third-order valence-electron chi connectivity index (χ3n) is 7.92. The van der Waals surface area contributed by atoms with Gasteiger partial charge in [0.2, 0.25) is 0 Å². The molecule has 0 atom stereocenters. The summed E-state index contributed by atoms with van der Waals surface area (Å²) in [5.41, 5.74) is 5.59. The number of hydrogen-bond donors (Lipinski definition) is 0. The Kier molecular flexibility index (Phi) is 3.96. The SMILES string of the molecule is c1ccc(-c2cc3c(sc4ccc5ccccc5c43)c3nc4c5cc6ccccc6cc5ccc4n23)cc1. The zero-order valence-corrected chi connectivity index (χ0v) is 21.2. The van der Waals surface area contributed by atoms with Crippen molar-refractivity contribution >= 4 is 80.5 Å². The monoisotopic (exact) mass is 500 g/mol. The van der Waals surface area contributed by atoms with E-state index in [0.29, 0.717) is 0 Å². The van der Waals surface area contributed by atoms with Gasteiger partial charge in [0.15, 0.2) is 5.65 Å². The van der Waals surface area contributed by atoms with E-state index in [1.165, 1.54) is 63.7 Å². The van der Waals surface area contributed by atoms with Gasteiger partial charge in [-0.2, -0.15) is 0 Å². The van der Waals surface area contributed by atoms with Crippen LogP contribution in [-0.4, -0.2) is 9.38 Å². The van der Waals surface area contributed by atoms with Crippen molar-refractivity contribution in [3.63, 3.8) is 0 Å². The van der Waals surface area contributed by atoms with Crippen LogP contribution in [0.1, 0.15) is 0 Å². The smallest absolute Gasteiger partial charge is 0.156 e. The average Bonchev–Trinajstić information content (AvgIpc) is 3.55. The first-order valence-corrected chi connectivity index (χ1v) is 13.7. The largest absolute Gasteiger partial charge is 0.291 e. The molecular weight excluding hydrogens is 480 g/mol. The van der Waals surface area contributed by atoms with Gasteiger partial charge >= 0.3 is 0 Å². The number of nitrogens with zero attached hydrogens (tertiary/aromatic N) is 2. The molecule has 0 saturated carbocycles.